The maximum Gasteiger partial charge on any atom is 0.310 e. The molecule has 1 heterocycles. The third-order valence-corrected chi connectivity index (χ3v) is 3.93. The van der Waals surface area contributed by atoms with Crippen molar-refractivity contribution in [1.82, 2.24) is 0 Å². The van der Waals surface area contributed by atoms with E-state index < -0.39 is 4.92 Å². The van der Waals surface area contributed by atoms with Crippen LogP contribution in [0, 0.1) is 38.7 Å². The van der Waals surface area contributed by atoms with Crippen molar-refractivity contribution in [2.75, 3.05) is 24.6 Å². The van der Waals surface area contributed by atoms with Gasteiger partial charge >= 0.3 is 5.97 Å². The molecule has 2 rings (SSSR count). The Hall–Kier alpha value is -3.13. The lowest BCUT2D eigenvalue weighted by Crippen LogP contribution is -2.39. The Bertz CT molecular complexity index is 748. The summed E-state index contributed by atoms with van der Waals surface area (Å²) in [5.74, 6) is -0.682. The van der Waals surface area contributed by atoms with Crippen molar-refractivity contribution >= 4 is 17.3 Å². The van der Waals surface area contributed by atoms with E-state index in [1.807, 2.05) is 6.07 Å². The minimum atomic E-state index is -0.578. The molecule has 0 amide bonds. The minimum absolute atomic E-state index is 0.0353. The summed E-state index contributed by atoms with van der Waals surface area (Å²) in [6.07, 6.45) is 1.34. The van der Waals surface area contributed by atoms with Crippen LogP contribution in [0.5, 0.6) is 0 Å². The van der Waals surface area contributed by atoms with Gasteiger partial charge < -0.3 is 9.64 Å². The second-order valence-corrected chi connectivity index (χ2v) is 5.40. The normalized spacial score (nSPS) is 16.8. The van der Waals surface area contributed by atoms with Gasteiger partial charge in [-0.1, -0.05) is 0 Å². The summed E-state index contributed by atoms with van der Waals surface area (Å²) in [6, 6.07) is 6.14. The molecule has 0 spiro atoms. The number of piperidine rings is 1. The molecule has 0 aromatic heterocycles. The van der Waals surface area contributed by atoms with Crippen LogP contribution in [-0.4, -0.2) is 30.6 Å². The molecule has 1 aliphatic rings. The molecule has 24 heavy (non-hydrogen) atoms. The number of hydrogen-bond donors (Lipinski definition) is 0. The van der Waals surface area contributed by atoms with Gasteiger partial charge in [0.2, 0.25) is 0 Å². The molecule has 8 heteroatoms. The number of nitro benzene ring substituents is 1. The average Bonchev–Trinajstić information content (AvgIpc) is 2.60. The number of nitriles is 2. The Morgan fingerprint density at radius 3 is 2.67 bits per heavy atom. The highest BCUT2D eigenvalue weighted by Crippen LogP contribution is 2.34. The Balaban J connectivity index is 2.40. The first-order chi connectivity index (χ1) is 11.5. The summed E-state index contributed by atoms with van der Waals surface area (Å²) in [4.78, 5) is 24.4. The molecular weight excluding hydrogens is 312 g/mol. The van der Waals surface area contributed by atoms with Gasteiger partial charge in [0.25, 0.3) is 5.69 Å². The van der Waals surface area contributed by atoms with Gasteiger partial charge in [-0.3, -0.25) is 14.9 Å². The number of nitro groups is 1. The number of nitrogens with zero attached hydrogens (tertiary/aromatic N) is 4. The van der Waals surface area contributed by atoms with E-state index in [-0.39, 0.29) is 47.5 Å². The molecule has 1 aromatic rings. The van der Waals surface area contributed by atoms with Crippen molar-refractivity contribution in [3.05, 3.63) is 33.4 Å². The van der Waals surface area contributed by atoms with Crippen LogP contribution in [0.2, 0.25) is 0 Å². The zero-order chi connectivity index (χ0) is 17.7. The quantitative estimate of drug-likeness (QED) is 0.471. The third-order valence-electron chi connectivity index (χ3n) is 3.93. The van der Waals surface area contributed by atoms with Crippen molar-refractivity contribution in [3.8, 4) is 12.1 Å². The monoisotopic (exact) mass is 328 g/mol. The summed E-state index contributed by atoms with van der Waals surface area (Å²) >= 11 is 0. The van der Waals surface area contributed by atoms with Crippen molar-refractivity contribution in [2.45, 2.75) is 19.8 Å². The number of carbonyl (C=O) groups is 1. The fourth-order valence-corrected chi connectivity index (χ4v) is 2.81. The van der Waals surface area contributed by atoms with E-state index in [9.17, 15) is 14.9 Å². The molecule has 0 unspecified atom stereocenters. The van der Waals surface area contributed by atoms with Crippen LogP contribution in [-0.2, 0) is 9.53 Å². The first-order valence-electron chi connectivity index (χ1n) is 7.56. The summed E-state index contributed by atoms with van der Waals surface area (Å²) in [7, 11) is 0. The maximum atomic E-state index is 11.9. The fraction of sp³-hybridized carbons (Fsp3) is 0.438. The maximum absolute atomic E-state index is 11.9. The molecular formula is C16H16N4O4. The van der Waals surface area contributed by atoms with E-state index >= 15 is 0 Å². The van der Waals surface area contributed by atoms with Crippen molar-refractivity contribution in [3.63, 3.8) is 0 Å². The molecule has 1 saturated heterocycles. The smallest absolute Gasteiger partial charge is 0.310 e. The van der Waals surface area contributed by atoms with E-state index in [0.717, 1.165) is 6.07 Å². The summed E-state index contributed by atoms with van der Waals surface area (Å²) in [5.41, 5.74) is 0.0582. The number of rotatable bonds is 4. The SMILES string of the molecule is CCOC(=O)[C@@H]1CCCN(c2cc(C#N)c(C#N)cc2[N+](=O)[O-])C1. The van der Waals surface area contributed by atoms with Crippen LogP contribution in [0.1, 0.15) is 30.9 Å². The summed E-state index contributed by atoms with van der Waals surface area (Å²) in [5, 5.41) is 29.5. The average molecular weight is 328 g/mol. The molecule has 0 N–H and O–H groups in total. The van der Waals surface area contributed by atoms with Gasteiger partial charge in [0.1, 0.15) is 17.8 Å². The van der Waals surface area contributed by atoms with E-state index in [1.54, 1.807) is 17.9 Å². The number of benzene rings is 1. The highest BCUT2D eigenvalue weighted by atomic mass is 16.6. The molecule has 8 nitrogen and oxygen atoms in total. The van der Waals surface area contributed by atoms with Crippen LogP contribution >= 0.6 is 0 Å². The predicted octanol–water partition coefficient (Wildman–Crippen LogP) is 2.12. The zero-order valence-corrected chi connectivity index (χ0v) is 13.2. The van der Waals surface area contributed by atoms with E-state index in [4.69, 9.17) is 15.3 Å². The molecule has 1 aromatic carbocycles. The zero-order valence-electron chi connectivity index (χ0n) is 13.2. The predicted molar refractivity (Wildman–Crippen MR) is 84.1 cm³/mol. The van der Waals surface area contributed by atoms with Gasteiger partial charge in [-0.25, -0.2) is 0 Å². The van der Waals surface area contributed by atoms with Crippen molar-refractivity contribution in [2.24, 2.45) is 5.92 Å². The van der Waals surface area contributed by atoms with Gasteiger partial charge in [0, 0.05) is 19.2 Å². The summed E-state index contributed by atoms with van der Waals surface area (Å²) < 4.78 is 5.03. The second-order valence-electron chi connectivity index (χ2n) is 5.40. The van der Waals surface area contributed by atoms with Gasteiger partial charge in [-0.15, -0.1) is 0 Å². The lowest BCUT2D eigenvalue weighted by atomic mass is 9.96. The van der Waals surface area contributed by atoms with E-state index in [0.29, 0.717) is 19.4 Å². The first kappa shape index (κ1) is 17.2. The number of ether oxygens (including phenoxy) is 1. The number of hydrogen-bond acceptors (Lipinski definition) is 7. The van der Waals surface area contributed by atoms with Crippen LogP contribution in [0.3, 0.4) is 0 Å². The number of carbonyl (C=O) groups excluding carboxylic acids is 1. The molecule has 1 fully saturated rings. The molecule has 1 aliphatic heterocycles. The van der Waals surface area contributed by atoms with Crippen LogP contribution in [0.25, 0.3) is 0 Å². The summed E-state index contributed by atoms with van der Waals surface area (Å²) in [6.45, 7) is 2.83. The second kappa shape index (κ2) is 7.42. The lowest BCUT2D eigenvalue weighted by Gasteiger charge is -2.33. The highest BCUT2D eigenvalue weighted by Gasteiger charge is 2.31. The topological polar surface area (TPSA) is 120 Å². The Labute approximate surface area is 139 Å². The minimum Gasteiger partial charge on any atom is -0.466 e. The molecule has 0 saturated carbocycles. The Morgan fingerprint density at radius 2 is 2.08 bits per heavy atom. The largest absolute Gasteiger partial charge is 0.466 e. The molecule has 0 radical (unpaired) electrons. The fourth-order valence-electron chi connectivity index (χ4n) is 2.81. The lowest BCUT2D eigenvalue weighted by molar-refractivity contribution is -0.384. The van der Waals surface area contributed by atoms with Gasteiger partial charge in [-0.05, 0) is 25.8 Å². The number of anilines is 1. The third kappa shape index (κ3) is 3.44. The number of esters is 1. The molecule has 124 valence electrons. The van der Waals surface area contributed by atoms with Gasteiger partial charge in [0.05, 0.1) is 28.6 Å². The van der Waals surface area contributed by atoms with Crippen LogP contribution in [0.4, 0.5) is 11.4 Å². The van der Waals surface area contributed by atoms with Gasteiger partial charge in [-0.2, -0.15) is 10.5 Å². The molecule has 0 aliphatic carbocycles. The van der Waals surface area contributed by atoms with Crippen molar-refractivity contribution < 1.29 is 14.5 Å². The molecule has 1 atom stereocenters. The molecule has 0 bridgehead atoms. The standard InChI is InChI=1S/C16H16N4O4/c1-2-24-16(21)11-4-3-5-19(10-11)14-6-12(8-17)13(9-18)7-15(14)20(22)23/h6-7,11H,2-5,10H2,1H3/t11-/m1/s1. The van der Waals surface area contributed by atoms with Crippen LogP contribution < -0.4 is 4.90 Å². The van der Waals surface area contributed by atoms with Crippen LogP contribution in [0.15, 0.2) is 12.1 Å². The first-order valence-corrected chi connectivity index (χ1v) is 7.56. The Kier molecular flexibility index (Phi) is 5.33. The van der Waals surface area contributed by atoms with E-state index in [2.05, 4.69) is 0 Å². The van der Waals surface area contributed by atoms with Gasteiger partial charge in [0.15, 0.2) is 0 Å². The van der Waals surface area contributed by atoms with E-state index in [1.165, 1.54) is 6.07 Å². The highest BCUT2D eigenvalue weighted by molar-refractivity contribution is 5.75. The Morgan fingerprint density at radius 1 is 1.42 bits per heavy atom. The van der Waals surface area contributed by atoms with Crippen molar-refractivity contribution in [1.29, 1.82) is 10.5 Å².